The molecular formula is C21H22F2N4O2S. The molecule has 0 saturated carbocycles. The van der Waals surface area contributed by atoms with E-state index in [2.05, 4.69) is 20.1 Å². The average molecular weight is 432 g/mol. The van der Waals surface area contributed by atoms with E-state index in [1.165, 1.54) is 17.4 Å². The number of nitrogens with one attached hydrogen (secondary N) is 1. The average Bonchev–Trinajstić information content (AvgIpc) is 3.18. The van der Waals surface area contributed by atoms with Crippen LogP contribution in [0, 0.1) is 11.6 Å². The number of nitrogens with zero attached hydrogens (tertiary/aromatic N) is 3. The van der Waals surface area contributed by atoms with Gasteiger partial charge < -0.3 is 15.0 Å². The van der Waals surface area contributed by atoms with Crippen LogP contribution in [0.2, 0.25) is 0 Å². The SMILES string of the molecule is COc1ccccc1C(=O)NCCN1CCN(c2nc3c(F)cc(F)cc3s2)CC1. The smallest absolute Gasteiger partial charge is 0.255 e. The summed E-state index contributed by atoms with van der Waals surface area (Å²) in [6.45, 7) is 4.35. The number of methoxy groups -OCH3 is 1. The van der Waals surface area contributed by atoms with Gasteiger partial charge in [0, 0.05) is 45.3 Å². The van der Waals surface area contributed by atoms with Gasteiger partial charge in [0.15, 0.2) is 10.9 Å². The molecule has 1 saturated heterocycles. The predicted molar refractivity (Wildman–Crippen MR) is 114 cm³/mol. The summed E-state index contributed by atoms with van der Waals surface area (Å²) in [6.07, 6.45) is 0. The predicted octanol–water partition coefficient (Wildman–Crippen LogP) is 3.14. The van der Waals surface area contributed by atoms with Gasteiger partial charge in [0.25, 0.3) is 5.91 Å². The van der Waals surface area contributed by atoms with E-state index < -0.39 is 11.6 Å². The van der Waals surface area contributed by atoms with E-state index in [0.717, 1.165) is 38.8 Å². The van der Waals surface area contributed by atoms with Gasteiger partial charge in [0.1, 0.15) is 17.1 Å². The summed E-state index contributed by atoms with van der Waals surface area (Å²) in [5.74, 6) is -0.822. The number of hydrogen-bond acceptors (Lipinski definition) is 6. The molecule has 6 nitrogen and oxygen atoms in total. The second-order valence-electron chi connectivity index (χ2n) is 7.02. The third-order valence-corrected chi connectivity index (χ3v) is 6.17. The van der Waals surface area contributed by atoms with Gasteiger partial charge in [-0.25, -0.2) is 13.8 Å². The third-order valence-electron chi connectivity index (χ3n) is 5.11. The molecule has 1 N–H and O–H groups in total. The molecule has 158 valence electrons. The van der Waals surface area contributed by atoms with Crippen molar-refractivity contribution in [1.82, 2.24) is 15.2 Å². The van der Waals surface area contributed by atoms with Crippen molar-refractivity contribution < 1.29 is 18.3 Å². The van der Waals surface area contributed by atoms with Gasteiger partial charge in [-0.15, -0.1) is 0 Å². The van der Waals surface area contributed by atoms with Crippen molar-refractivity contribution >= 4 is 32.6 Å². The Kier molecular flexibility index (Phi) is 6.10. The molecule has 1 aliphatic heterocycles. The van der Waals surface area contributed by atoms with Crippen LogP contribution in [0.3, 0.4) is 0 Å². The van der Waals surface area contributed by atoms with Crippen molar-refractivity contribution in [2.24, 2.45) is 0 Å². The summed E-state index contributed by atoms with van der Waals surface area (Å²) in [6, 6.07) is 9.31. The standard InChI is InChI=1S/C21H22F2N4O2S/c1-29-17-5-3-2-4-15(17)20(28)24-6-7-26-8-10-27(11-9-26)21-25-19-16(23)12-14(22)13-18(19)30-21/h2-5,12-13H,6-11H2,1H3,(H,24,28). The summed E-state index contributed by atoms with van der Waals surface area (Å²) in [4.78, 5) is 21.1. The van der Waals surface area contributed by atoms with E-state index >= 15 is 0 Å². The zero-order valence-corrected chi connectivity index (χ0v) is 17.3. The fraction of sp³-hybridized carbons (Fsp3) is 0.333. The number of halogens is 2. The minimum Gasteiger partial charge on any atom is -0.496 e. The summed E-state index contributed by atoms with van der Waals surface area (Å²) in [5.41, 5.74) is 0.738. The van der Waals surface area contributed by atoms with E-state index in [-0.39, 0.29) is 11.4 Å². The summed E-state index contributed by atoms with van der Waals surface area (Å²) >= 11 is 1.30. The van der Waals surface area contributed by atoms with Crippen molar-refractivity contribution in [3.05, 3.63) is 53.6 Å². The zero-order chi connectivity index (χ0) is 21.1. The van der Waals surface area contributed by atoms with Crippen LogP contribution >= 0.6 is 11.3 Å². The summed E-state index contributed by atoms with van der Waals surface area (Å²) in [5, 5.41) is 3.64. The van der Waals surface area contributed by atoms with Crippen LogP contribution in [0.4, 0.5) is 13.9 Å². The largest absolute Gasteiger partial charge is 0.496 e. The molecule has 0 bridgehead atoms. The lowest BCUT2D eigenvalue weighted by Gasteiger charge is -2.34. The van der Waals surface area contributed by atoms with E-state index in [1.807, 2.05) is 6.07 Å². The molecule has 1 aromatic heterocycles. The summed E-state index contributed by atoms with van der Waals surface area (Å²) in [7, 11) is 1.54. The number of benzene rings is 2. The molecule has 2 aromatic carbocycles. The molecule has 0 unspecified atom stereocenters. The molecule has 0 atom stereocenters. The van der Waals surface area contributed by atoms with Crippen molar-refractivity contribution in [3.63, 3.8) is 0 Å². The Bertz CT molecular complexity index is 1050. The second-order valence-corrected chi connectivity index (χ2v) is 8.02. The molecule has 1 fully saturated rings. The second kappa shape index (κ2) is 8.93. The Morgan fingerprint density at radius 3 is 2.73 bits per heavy atom. The van der Waals surface area contributed by atoms with E-state index in [9.17, 15) is 13.6 Å². The van der Waals surface area contributed by atoms with Crippen LogP contribution < -0.4 is 15.0 Å². The molecule has 0 radical (unpaired) electrons. The number of rotatable bonds is 6. The highest BCUT2D eigenvalue weighted by atomic mass is 32.1. The van der Waals surface area contributed by atoms with Gasteiger partial charge in [-0.05, 0) is 18.2 Å². The fourth-order valence-electron chi connectivity index (χ4n) is 3.50. The van der Waals surface area contributed by atoms with Crippen molar-refractivity contribution in [1.29, 1.82) is 0 Å². The Morgan fingerprint density at radius 1 is 1.20 bits per heavy atom. The van der Waals surface area contributed by atoms with Crippen LogP contribution in [0.25, 0.3) is 10.2 Å². The van der Waals surface area contributed by atoms with Gasteiger partial charge >= 0.3 is 0 Å². The lowest BCUT2D eigenvalue weighted by Crippen LogP contribution is -2.48. The number of hydrogen-bond donors (Lipinski definition) is 1. The number of piperazine rings is 1. The van der Waals surface area contributed by atoms with Crippen LogP contribution in [0.1, 0.15) is 10.4 Å². The Labute approximate surface area is 177 Å². The Hall–Kier alpha value is -2.78. The highest BCUT2D eigenvalue weighted by Gasteiger charge is 2.21. The molecule has 0 spiro atoms. The zero-order valence-electron chi connectivity index (χ0n) is 16.5. The number of carbonyl (C=O) groups excluding carboxylic acids is 1. The number of para-hydroxylation sites is 1. The maximum absolute atomic E-state index is 13.9. The minimum absolute atomic E-state index is 0.158. The van der Waals surface area contributed by atoms with E-state index in [1.54, 1.807) is 25.3 Å². The molecule has 1 amide bonds. The number of anilines is 1. The summed E-state index contributed by atoms with van der Waals surface area (Å²) < 4.78 is 33.1. The third kappa shape index (κ3) is 4.36. The lowest BCUT2D eigenvalue weighted by molar-refractivity contribution is 0.0944. The minimum atomic E-state index is -0.628. The van der Waals surface area contributed by atoms with Crippen LogP contribution in [-0.4, -0.2) is 62.2 Å². The van der Waals surface area contributed by atoms with Gasteiger partial charge in [0.05, 0.1) is 17.4 Å². The fourth-order valence-corrected chi connectivity index (χ4v) is 4.56. The van der Waals surface area contributed by atoms with Gasteiger partial charge in [-0.2, -0.15) is 0 Å². The van der Waals surface area contributed by atoms with E-state index in [0.29, 0.717) is 27.7 Å². The van der Waals surface area contributed by atoms with Crippen LogP contribution in [0.15, 0.2) is 36.4 Å². The number of thiazole rings is 1. The molecule has 30 heavy (non-hydrogen) atoms. The number of amides is 1. The molecule has 1 aliphatic rings. The monoisotopic (exact) mass is 432 g/mol. The number of fused-ring (bicyclic) bond motifs is 1. The maximum Gasteiger partial charge on any atom is 0.255 e. The van der Waals surface area contributed by atoms with Crippen LogP contribution in [0.5, 0.6) is 5.75 Å². The quantitative estimate of drug-likeness (QED) is 0.649. The Morgan fingerprint density at radius 2 is 1.97 bits per heavy atom. The topological polar surface area (TPSA) is 57.7 Å². The Balaban J connectivity index is 1.28. The first-order chi connectivity index (χ1) is 14.5. The van der Waals surface area contributed by atoms with Gasteiger partial charge in [-0.3, -0.25) is 9.69 Å². The molecule has 9 heteroatoms. The van der Waals surface area contributed by atoms with Crippen molar-refractivity contribution in [2.45, 2.75) is 0 Å². The molecular weight excluding hydrogens is 410 g/mol. The highest BCUT2D eigenvalue weighted by Crippen LogP contribution is 2.31. The molecule has 0 aliphatic carbocycles. The van der Waals surface area contributed by atoms with Crippen molar-refractivity contribution in [3.8, 4) is 5.75 Å². The first kappa shape index (κ1) is 20.5. The number of carbonyl (C=O) groups is 1. The molecule has 2 heterocycles. The molecule has 3 aromatic rings. The van der Waals surface area contributed by atoms with Crippen LogP contribution in [-0.2, 0) is 0 Å². The number of aromatic nitrogens is 1. The highest BCUT2D eigenvalue weighted by molar-refractivity contribution is 7.22. The lowest BCUT2D eigenvalue weighted by atomic mass is 10.2. The normalized spacial score (nSPS) is 14.8. The molecule has 4 rings (SSSR count). The van der Waals surface area contributed by atoms with Gasteiger partial charge in [-0.1, -0.05) is 23.5 Å². The van der Waals surface area contributed by atoms with E-state index in [4.69, 9.17) is 4.74 Å². The van der Waals surface area contributed by atoms with Crippen molar-refractivity contribution in [2.75, 3.05) is 51.3 Å². The number of ether oxygens (including phenoxy) is 1. The first-order valence-electron chi connectivity index (χ1n) is 9.69. The maximum atomic E-state index is 13.9. The van der Waals surface area contributed by atoms with Gasteiger partial charge in [0.2, 0.25) is 0 Å². The first-order valence-corrected chi connectivity index (χ1v) is 10.5.